The van der Waals surface area contributed by atoms with E-state index in [2.05, 4.69) is 4.98 Å². The van der Waals surface area contributed by atoms with Crippen molar-refractivity contribution in [3.8, 4) is 0 Å². The quantitative estimate of drug-likeness (QED) is 0.888. The van der Waals surface area contributed by atoms with Crippen molar-refractivity contribution in [2.24, 2.45) is 0 Å². The molecular weight excluding hydrogens is 279 g/mol. The molecule has 0 saturated carbocycles. The van der Waals surface area contributed by atoms with Gasteiger partial charge in [-0.3, -0.25) is 4.79 Å². The standard InChI is InChI=1S/C11H8F3N3O3/c12-11(13,14)10(20)15-3-7-5-17-4-6(9(18)19)1-2-8(17)16-7/h1-2,4-5H,3H2,(H,15,20)(H,18,19). The van der Waals surface area contributed by atoms with Crippen molar-refractivity contribution < 1.29 is 27.9 Å². The number of alkyl halides is 3. The van der Waals surface area contributed by atoms with Gasteiger partial charge in [0.05, 0.1) is 17.8 Å². The predicted octanol–water partition coefficient (Wildman–Crippen LogP) is 1.21. The van der Waals surface area contributed by atoms with E-state index < -0.39 is 24.6 Å². The van der Waals surface area contributed by atoms with E-state index in [0.717, 1.165) is 0 Å². The normalized spacial score (nSPS) is 11.6. The number of carbonyl (C=O) groups is 2. The number of hydrogen-bond donors (Lipinski definition) is 2. The maximum absolute atomic E-state index is 12.0. The summed E-state index contributed by atoms with van der Waals surface area (Å²) in [5.41, 5.74) is 0.567. The van der Waals surface area contributed by atoms with Gasteiger partial charge in [-0.25, -0.2) is 9.78 Å². The summed E-state index contributed by atoms with van der Waals surface area (Å²) < 4.78 is 37.3. The summed E-state index contributed by atoms with van der Waals surface area (Å²) in [5.74, 6) is -3.19. The molecule has 0 aromatic carbocycles. The van der Waals surface area contributed by atoms with Crippen molar-refractivity contribution in [3.63, 3.8) is 0 Å². The highest BCUT2D eigenvalue weighted by molar-refractivity contribution is 5.87. The number of amides is 1. The van der Waals surface area contributed by atoms with Gasteiger partial charge in [0.15, 0.2) is 0 Å². The molecule has 0 fully saturated rings. The fourth-order valence-electron chi connectivity index (χ4n) is 1.53. The molecule has 2 rings (SSSR count). The number of pyridine rings is 1. The third-order valence-electron chi connectivity index (χ3n) is 2.44. The van der Waals surface area contributed by atoms with Crippen LogP contribution in [0.25, 0.3) is 5.65 Å². The molecule has 9 heteroatoms. The zero-order chi connectivity index (χ0) is 14.9. The molecule has 6 nitrogen and oxygen atoms in total. The Kier molecular flexibility index (Phi) is 3.35. The van der Waals surface area contributed by atoms with Crippen molar-refractivity contribution in [2.45, 2.75) is 12.7 Å². The van der Waals surface area contributed by atoms with Crippen LogP contribution in [0.2, 0.25) is 0 Å². The van der Waals surface area contributed by atoms with Gasteiger partial charge < -0.3 is 14.8 Å². The van der Waals surface area contributed by atoms with Crippen LogP contribution >= 0.6 is 0 Å². The first-order chi connectivity index (χ1) is 9.27. The van der Waals surface area contributed by atoms with E-state index in [1.165, 1.54) is 28.9 Å². The number of nitrogens with zero attached hydrogens (tertiary/aromatic N) is 2. The Labute approximate surface area is 109 Å². The molecule has 106 valence electrons. The number of nitrogens with one attached hydrogen (secondary N) is 1. The zero-order valence-electron chi connectivity index (χ0n) is 9.81. The van der Waals surface area contributed by atoms with Crippen molar-refractivity contribution in [3.05, 3.63) is 35.8 Å². The molecule has 0 aliphatic carbocycles. The second-order valence-electron chi connectivity index (χ2n) is 3.90. The van der Waals surface area contributed by atoms with Gasteiger partial charge in [-0.1, -0.05) is 0 Å². The number of halogens is 3. The van der Waals surface area contributed by atoms with Crippen LogP contribution in [0.5, 0.6) is 0 Å². The van der Waals surface area contributed by atoms with Gasteiger partial charge >= 0.3 is 18.1 Å². The second-order valence-corrected chi connectivity index (χ2v) is 3.90. The number of carboxylic acids is 1. The Morgan fingerprint density at radius 1 is 1.30 bits per heavy atom. The van der Waals surface area contributed by atoms with Crippen molar-refractivity contribution in [1.29, 1.82) is 0 Å². The number of imidazole rings is 1. The molecule has 2 N–H and O–H groups in total. The molecule has 0 radical (unpaired) electrons. The molecule has 20 heavy (non-hydrogen) atoms. The Morgan fingerprint density at radius 2 is 2.00 bits per heavy atom. The first kappa shape index (κ1) is 13.8. The van der Waals surface area contributed by atoms with E-state index in [9.17, 15) is 22.8 Å². The molecule has 0 aliphatic rings. The fourth-order valence-corrected chi connectivity index (χ4v) is 1.53. The van der Waals surface area contributed by atoms with E-state index in [4.69, 9.17) is 5.11 Å². The molecule has 2 aromatic heterocycles. The summed E-state index contributed by atoms with van der Waals surface area (Å²) in [6, 6.07) is 2.74. The van der Waals surface area contributed by atoms with Crippen LogP contribution in [-0.4, -0.2) is 32.5 Å². The van der Waals surface area contributed by atoms with E-state index in [0.29, 0.717) is 5.65 Å². The third-order valence-corrected chi connectivity index (χ3v) is 2.44. The van der Waals surface area contributed by atoms with Crippen LogP contribution in [0.1, 0.15) is 16.1 Å². The van der Waals surface area contributed by atoms with Crippen LogP contribution in [0, 0.1) is 0 Å². The molecule has 0 bridgehead atoms. The van der Waals surface area contributed by atoms with Crippen molar-refractivity contribution in [2.75, 3.05) is 0 Å². The molecule has 0 spiro atoms. The fraction of sp³-hybridized carbons (Fsp3) is 0.182. The smallest absolute Gasteiger partial charge is 0.471 e. The number of hydrogen-bond acceptors (Lipinski definition) is 3. The maximum atomic E-state index is 12.0. The lowest BCUT2D eigenvalue weighted by atomic mass is 10.3. The summed E-state index contributed by atoms with van der Waals surface area (Å²) in [4.78, 5) is 25.4. The highest BCUT2D eigenvalue weighted by atomic mass is 19.4. The Balaban J connectivity index is 2.16. The number of aromatic carboxylic acids is 1. The highest BCUT2D eigenvalue weighted by Gasteiger charge is 2.38. The topological polar surface area (TPSA) is 83.7 Å². The summed E-state index contributed by atoms with van der Waals surface area (Å²) in [5, 5.41) is 10.5. The van der Waals surface area contributed by atoms with Crippen molar-refractivity contribution in [1.82, 2.24) is 14.7 Å². The molecular formula is C11H8F3N3O3. The molecule has 0 saturated heterocycles. The molecule has 0 aliphatic heterocycles. The lowest BCUT2D eigenvalue weighted by Crippen LogP contribution is -2.36. The molecule has 1 amide bonds. The average molecular weight is 287 g/mol. The minimum absolute atomic E-state index is 0.0146. The lowest BCUT2D eigenvalue weighted by Gasteiger charge is -2.05. The van der Waals surface area contributed by atoms with Gasteiger partial charge in [0.2, 0.25) is 0 Å². The first-order valence-electron chi connectivity index (χ1n) is 5.33. The van der Waals surface area contributed by atoms with E-state index in [-0.39, 0.29) is 11.3 Å². The summed E-state index contributed by atoms with van der Waals surface area (Å²) in [6.07, 6.45) is -2.33. The Hall–Kier alpha value is -2.58. The monoisotopic (exact) mass is 287 g/mol. The minimum Gasteiger partial charge on any atom is -0.478 e. The maximum Gasteiger partial charge on any atom is 0.471 e. The van der Waals surface area contributed by atoms with Gasteiger partial charge in [0, 0.05) is 12.4 Å². The van der Waals surface area contributed by atoms with E-state index in [1.807, 2.05) is 0 Å². The Morgan fingerprint density at radius 3 is 2.60 bits per heavy atom. The minimum atomic E-state index is -4.95. The molecule has 2 heterocycles. The van der Waals surface area contributed by atoms with Gasteiger partial charge in [-0.15, -0.1) is 0 Å². The SMILES string of the molecule is O=C(O)c1ccc2nc(CNC(=O)C(F)(F)F)cn2c1. The first-order valence-corrected chi connectivity index (χ1v) is 5.33. The predicted molar refractivity (Wildman–Crippen MR) is 60.1 cm³/mol. The van der Waals surface area contributed by atoms with Crippen LogP contribution < -0.4 is 5.32 Å². The van der Waals surface area contributed by atoms with Crippen LogP contribution in [0.4, 0.5) is 13.2 Å². The number of fused-ring (bicyclic) bond motifs is 1. The molecule has 2 aromatic rings. The summed E-state index contributed by atoms with van der Waals surface area (Å²) >= 11 is 0. The number of aromatic nitrogens is 2. The number of carbonyl (C=O) groups excluding carboxylic acids is 1. The summed E-state index contributed by atoms with van der Waals surface area (Å²) in [6.45, 7) is -0.400. The zero-order valence-corrected chi connectivity index (χ0v) is 9.81. The van der Waals surface area contributed by atoms with Gasteiger partial charge in [-0.05, 0) is 12.1 Å². The van der Waals surface area contributed by atoms with Gasteiger partial charge in [0.25, 0.3) is 0 Å². The largest absolute Gasteiger partial charge is 0.478 e. The second kappa shape index (κ2) is 4.83. The van der Waals surface area contributed by atoms with Crippen LogP contribution in [0.3, 0.4) is 0 Å². The number of rotatable bonds is 3. The van der Waals surface area contributed by atoms with Crippen LogP contribution in [-0.2, 0) is 11.3 Å². The summed E-state index contributed by atoms with van der Waals surface area (Å²) in [7, 11) is 0. The van der Waals surface area contributed by atoms with Gasteiger partial charge in [-0.2, -0.15) is 13.2 Å². The van der Waals surface area contributed by atoms with E-state index >= 15 is 0 Å². The van der Waals surface area contributed by atoms with E-state index in [1.54, 1.807) is 5.32 Å². The Bertz CT molecular complexity index is 678. The molecule has 0 unspecified atom stereocenters. The molecule has 0 atom stereocenters. The van der Waals surface area contributed by atoms with Gasteiger partial charge in [0.1, 0.15) is 5.65 Å². The third kappa shape index (κ3) is 2.87. The average Bonchev–Trinajstić information content (AvgIpc) is 2.76. The number of carboxylic acid groups (broad SMARTS) is 1. The van der Waals surface area contributed by atoms with Crippen LogP contribution in [0.15, 0.2) is 24.5 Å². The lowest BCUT2D eigenvalue weighted by molar-refractivity contribution is -0.173. The highest BCUT2D eigenvalue weighted by Crippen LogP contribution is 2.14. The van der Waals surface area contributed by atoms with Crippen molar-refractivity contribution >= 4 is 17.5 Å².